The molecular formula is C23H25FN4O5S. The van der Waals surface area contributed by atoms with Gasteiger partial charge in [0.25, 0.3) is 5.91 Å². The Labute approximate surface area is 197 Å². The van der Waals surface area contributed by atoms with Crippen LogP contribution in [-0.4, -0.2) is 73.1 Å². The van der Waals surface area contributed by atoms with Crippen LogP contribution in [0.1, 0.15) is 18.1 Å². The summed E-state index contributed by atoms with van der Waals surface area (Å²) in [6.07, 6.45) is 0. The van der Waals surface area contributed by atoms with Gasteiger partial charge in [0.1, 0.15) is 17.9 Å². The van der Waals surface area contributed by atoms with Crippen LogP contribution >= 0.6 is 0 Å². The van der Waals surface area contributed by atoms with Crippen molar-refractivity contribution < 1.29 is 27.2 Å². The highest BCUT2D eigenvalue weighted by Crippen LogP contribution is 2.29. The van der Waals surface area contributed by atoms with Gasteiger partial charge in [-0.15, -0.1) is 0 Å². The molecule has 0 radical (unpaired) electrons. The first-order chi connectivity index (χ1) is 16.0. The molecule has 0 aromatic heterocycles. The van der Waals surface area contributed by atoms with Crippen LogP contribution in [0.2, 0.25) is 0 Å². The van der Waals surface area contributed by atoms with Crippen molar-refractivity contribution in [3.63, 3.8) is 0 Å². The van der Waals surface area contributed by atoms with E-state index < -0.39 is 45.8 Å². The molecule has 0 aliphatic carbocycles. The number of rotatable bonds is 5. The normalized spacial score (nSPS) is 21.6. The minimum atomic E-state index is -3.90. The van der Waals surface area contributed by atoms with Crippen molar-refractivity contribution >= 4 is 27.9 Å². The smallest absolute Gasteiger partial charge is 0.325 e. The van der Waals surface area contributed by atoms with Crippen molar-refractivity contribution in [2.75, 3.05) is 32.7 Å². The average molecular weight is 489 g/mol. The number of aryl methyl sites for hydroxylation is 1. The summed E-state index contributed by atoms with van der Waals surface area (Å²) in [5, 5.41) is 2.67. The second-order valence-electron chi connectivity index (χ2n) is 8.55. The molecule has 2 aliphatic rings. The summed E-state index contributed by atoms with van der Waals surface area (Å²) in [6, 6.07) is 11.3. The molecule has 2 aliphatic heterocycles. The second-order valence-corrected chi connectivity index (χ2v) is 10.5. The highest BCUT2D eigenvalue weighted by atomic mass is 32.2. The third kappa shape index (κ3) is 4.28. The molecule has 180 valence electrons. The van der Waals surface area contributed by atoms with E-state index in [2.05, 4.69) is 5.32 Å². The van der Waals surface area contributed by atoms with E-state index in [-0.39, 0.29) is 31.1 Å². The Morgan fingerprint density at radius 1 is 1.06 bits per heavy atom. The lowest BCUT2D eigenvalue weighted by Crippen LogP contribution is -2.53. The van der Waals surface area contributed by atoms with Crippen LogP contribution in [-0.2, 0) is 25.2 Å². The molecule has 2 saturated heterocycles. The summed E-state index contributed by atoms with van der Waals surface area (Å²) in [4.78, 5) is 40.6. The molecule has 0 spiro atoms. The van der Waals surface area contributed by atoms with Gasteiger partial charge in [0, 0.05) is 26.2 Å². The van der Waals surface area contributed by atoms with Gasteiger partial charge in [-0.3, -0.25) is 14.5 Å². The molecule has 1 N–H and O–H groups in total. The number of carbonyl (C=O) groups excluding carboxylic acids is 3. The van der Waals surface area contributed by atoms with E-state index in [1.54, 1.807) is 19.1 Å². The standard InChI is InChI=1S/C23H25FN4O5S/c1-16-6-8-17(9-7-16)23(2)21(30)28(22(31)25-23)15-20(29)26-10-12-27(13-11-26)34(32,33)19-5-3-4-18(24)14-19/h3-9,14H,10-13,15H2,1-2H3,(H,25,31)/t23-/m1/s1. The van der Waals surface area contributed by atoms with Gasteiger partial charge in [-0.2, -0.15) is 4.31 Å². The molecule has 4 amide bonds. The van der Waals surface area contributed by atoms with Gasteiger partial charge in [0.05, 0.1) is 4.90 Å². The van der Waals surface area contributed by atoms with Crippen molar-refractivity contribution in [2.45, 2.75) is 24.3 Å². The third-order valence-corrected chi connectivity index (χ3v) is 8.12. The number of carbonyl (C=O) groups is 3. The number of amides is 4. The zero-order chi connectivity index (χ0) is 24.7. The predicted molar refractivity (Wildman–Crippen MR) is 121 cm³/mol. The maximum Gasteiger partial charge on any atom is 0.325 e. The minimum Gasteiger partial charge on any atom is -0.338 e. The Balaban J connectivity index is 1.40. The maximum absolute atomic E-state index is 13.5. The quantitative estimate of drug-likeness (QED) is 0.641. The number of hydrogen-bond donors (Lipinski definition) is 1. The number of sulfonamides is 1. The van der Waals surface area contributed by atoms with Crippen LogP contribution in [0.4, 0.5) is 9.18 Å². The Bertz CT molecular complexity index is 1240. The fourth-order valence-corrected chi connectivity index (χ4v) is 5.57. The summed E-state index contributed by atoms with van der Waals surface area (Å²) in [5.41, 5.74) is 0.347. The fourth-order valence-electron chi connectivity index (χ4n) is 4.11. The largest absolute Gasteiger partial charge is 0.338 e. The first kappa shape index (κ1) is 23.8. The van der Waals surface area contributed by atoms with Gasteiger partial charge < -0.3 is 10.2 Å². The van der Waals surface area contributed by atoms with E-state index in [4.69, 9.17) is 0 Å². The molecule has 2 fully saturated rings. The van der Waals surface area contributed by atoms with Crippen molar-refractivity contribution in [2.24, 2.45) is 0 Å². The molecule has 9 nitrogen and oxygen atoms in total. The molecule has 2 heterocycles. The summed E-state index contributed by atoms with van der Waals surface area (Å²) < 4.78 is 40.2. The molecule has 0 unspecified atom stereocenters. The fraction of sp³-hybridized carbons (Fsp3) is 0.348. The molecular weight excluding hydrogens is 463 g/mol. The number of hydrogen-bond acceptors (Lipinski definition) is 5. The summed E-state index contributed by atoms with van der Waals surface area (Å²) >= 11 is 0. The van der Waals surface area contributed by atoms with E-state index >= 15 is 0 Å². The van der Waals surface area contributed by atoms with Crippen LogP contribution in [0.3, 0.4) is 0 Å². The number of urea groups is 1. The number of nitrogens with zero attached hydrogens (tertiary/aromatic N) is 3. The van der Waals surface area contributed by atoms with Crippen LogP contribution in [0.15, 0.2) is 53.4 Å². The van der Waals surface area contributed by atoms with Crippen LogP contribution < -0.4 is 5.32 Å². The number of piperazine rings is 1. The van der Waals surface area contributed by atoms with Crippen molar-refractivity contribution in [1.82, 2.24) is 19.4 Å². The molecule has 2 aromatic carbocycles. The van der Waals surface area contributed by atoms with Gasteiger partial charge in [-0.05, 0) is 37.6 Å². The first-order valence-corrected chi connectivity index (χ1v) is 12.2. The molecule has 4 rings (SSSR count). The van der Waals surface area contributed by atoms with Crippen molar-refractivity contribution in [1.29, 1.82) is 0 Å². The maximum atomic E-state index is 13.5. The molecule has 2 aromatic rings. The number of halogens is 1. The monoisotopic (exact) mass is 488 g/mol. The molecule has 0 bridgehead atoms. The van der Waals surface area contributed by atoms with E-state index in [0.717, 1.165) is 22.6 Å². The minimum absolute atomic E-state index is 0.0197. The Morgan fingerprint density at radius 3 is 2.32 bits per heavy atom. The lowest BCUT2D eigenvalue weighted by Gasteiger charge is -2.34. The van der Waals surface area contributed by atoms with Gasteiger partial charge in [0.15, 0.2) is 0 Å². The summed E-state index contributed by atoms with van der Waals surface area (Å²) in [6.45, 7) is 3.28. The molecule has 1 atom stereocenters. The van der Waals surface area contributed by atoms with E-state index in [1.165, 1.54) is 21.3 Å². The van der Waals surface area contributed by atoms with E-state index in [9.17, 15) is 27.2 Å². The predicted octanol–water partition coefficient (Wildman–Crippen LogP) is 1.43. The highest BCUT2D eigenvalue weighted by Gasteiger charge is 2.49. The van der Waals surface area contributed by atoms with Gasteiger partial charge in [-0.1, -0.05) is 35.9 Å². The molecule has 34 heavy (non-hydrogen) atoms. The van der Waals surface area contributed by atoms with Crippen LogP contribution in [0, 0.1) is 12.7 Å². The van der Waals surface area contributed by atoms with Gasteiger partial charge >= 0.3 is 6.03 Å². The van der Waals surface area contributed by atoms with E-state index in [0.29, 0.717) is 5.56 Å². The molecule has 11 heteroatoms. The lowest BCUT2D eigenvalue weighted by molar-refractivity contribution is -0.139. The van der Waals surface area contributed by atoms with E-state index in [1.807, 2.05) is 19.1 Å². The number of nitrogens with one attached hydrogen (secondary N) is 1. The Kier molecular flexibility index (Phi) is 6.17. The Hall–Kier alpha value is -3.31. The number of imide groups is 1. The average Bonchev–Trinajstić information content (AvgIpc) is 3.03. The summed E-state index contributed by atoms with van der Waals surface area (Å²) in [5.74, 6) is -1.64. The Morgan fingerprint density at radius 2 is 1.71 bits per heavy atom. The third-order valence-electron chi connectivity index (χ3n) is 6.22. The zero-order valence-electron chi connectivity index (χ0n) is 18.8. The van der Waals surface area contributed by atoms with Crippen LogP contribution in [0.5, 0.6) is 0 Å². The van der Waals surface area contributed by atoms with Gasteiger partial charge in [-0.25, -0.2) is 17.6 Å². The second kappa shape index (κ2) is 8.80. The van der Waals surface area contributed by atoms with Gasteiger partial charge in [0.2, 0.25) is 15.9 Å². The SMILES string of the molecule is Cc1ccc([C@@]2(C)NC(=O)N(CC(=O)N3CCN(S(=O)(=O)c4cccc(F)c4)CC3)C2=O)cc1. The zero-order valence-corrected chi connectivity index (χ0v) is 19.6. The molecule has 0 saturated carbocycles. The van der Waals surface area contributed by atoms with Crippen molar-refractivity contribution in [3.05, 3.63) is 65.5 Å². The highest BCUT2D eigenvalue weighted by molar-refractivity contribution is 7.89. The number of benzene rings is 2. The van der Waals surface area contributed by atoms with Crippen molar-refractivity contribution in [3.8, 4) is 0 Å². The lowest BCUT2D eigenvalue weighted by atomic mass is 9.91. The first-order valence-electron chi connectivity index (χ1n) is 10.8. The summed E-state index contributed by atoms with van der Waals surface area (Å²) in [7, 11) is -3.90. The van der Waals surface area contributed by atoms with Crippen LogP contribution in [0.25, 0.3) is 0 Å². The topological polar surface area (TPSA) is 107 Å².